The molecule has 0 radical (unpaired) electrons. The van der Waals surface area contributed by atoms with E-state index in [1.807, 2.05) is 20.8 Å². The molecular formula is C11H18O4. The fourth-order valence-corrected chi connectivity index (χ4v) is 1.53. The quantitative estimate of drug-likeness (QED) is 0.529. The van der Waals surface area contributed by atoms with E-state index in [1.165, 1.54) is 6.08 Å². The third-order valence-corrected chi connectivity index (χ3v) is 2.06. The molecule has 1 heterocycles. The molecule has 86 valence electrons. The van der Waals surface area contributed by atoms with Gasteiger partial charge < -0.3 is 14.2 Å². The largest absolute Gasteiger partial charge is 0.463 e. The monoisotopic (exact) mass is 214 g/mol. The van der Waals surface area contributed by atoms with Crippen LogP contribution in [0.2, 0.25) is 0 Å². The Kier molecular flexibility index (Phi) is 3.88. The summed E-state index contributed by atoms with van der Waals surface area (Å²) in [5.74, 6) is -0.929. The van der Waals surface area contributed by atoms with Crippen LogP contribution >= 0.6 is 0 Å². The van der Waals surface area contributed by atoms with Crippen LogP contribution in [0.1, 0.15) is 27.7 Å². The molecule has 1 aliphatic heterocycles. The highest BCUT2D eigenvalue weighted by molar-refractivity contribution is 5.81. The summed E-state index contributed by atoms with van der Waals surface area (Å²) in [7, 11) is 0. The van der Waals surface area contributed by atoms with Crippen molar-refractivity contribution in [2.45, 2.75) is 45.7 Å². The van der Waals surface area contributed by atoms with Gasteiger partial charge in [0.2, 0.25) is 0 Å². The molecule has 0 aromatic rings. The molecule has 0 aromatic carbocycles. The molecule has 0 aromatic heterocycles. The lowest BCUT2D eigenvalue weighted by Crippen LogP contribution is -2.20. The summed E-state index contributed by atoms with van der Waals surface area (Å²) in [5.41, 5.74) is 0. The van der Waals surface area contributed by atoms with Crippen LogP contribution in [0.4, 0.5) is 0 Å². The number of ether oxygens (including phenoxy) is 3. The van der Waals surface area contributed by atoms with Crippen molar-refractivity contribution in [2.24, 2.45) is 0 Å². The Morgan fingerprint density at radius 1 is 1.47 bits per heavy atom. The Hall–Kier alpha value is -0.870. The van der Waals surface area contributed by atoms with Gasteiger partial charge in [0.15, 0.2) is 5.79 Å². The van der Waals surface area contributed by atoms with Crippen molar-refractivity contribution in [1.82, 2.24) is 0 Å². The molecule has 1 aliphatic rings. The van der Waals surface area contributed by atoms with Gasteiger partial charge in [0.05, 0.1) is 12.7 Å². The maximum absolute atomic E-state index is 11.1. The van der Waals surface area contributed by atoms with E-state index in [0.29, 0.717) is 6.61 Å². The van der Waals surface area contributed by atoms with Crippen LogP contribution in [0, 0.1) is 0 Å². The number of rotatable bonds is 3. The van der Waals surface area contributed by atoms with Gasteiger partial charge in [-0.15, -0.1) is 0 Å². The zero-order valence-corrected chi connectivity index (χ0v) is 9.65. The molecule has 1 rings (SSSR count). The highest BCUT2D eigenvalue weighted by atomic mass is 16.7. The van der Waals surface area contributed by atoms with E-state index in [9.17, 15) is 4.79 Å². The van der Waals surface area contributed by atoms with E-state index in [1.54, 1.807) is 13.0 Å². The zero-order chi connectivity index (χ0) is 11.5. The molecule has 0 saturated carbocycles. The predicted molar refractivity (Wildman–Crippen MR) is 55.3 cm³/mol. The first kappa shape index (κ1) is 12.2. The molecule has 0 amide bonds. The lowest BCUT2D eigenvalue weighted by molar-refractivity contribution is -0.142. The molecule has 2 atom stereocenters. The topological polar surface area (TPSA) is 44.8 Å². The van der Waals surface area contributed by atoms with E-state index >= 15 is 0 Å². The Labute approximate surface area is 90.2 Å². The van der Waals surface area contributed by atoms with Crippen LogP contribution in [0.25, 0.3) is 0 Å². The third kappa shape index (κ3) is 3.64. The first-order chi connectivity index (χ1) is 6.94. The van der Waals surface area contributed by atoms with Gasteiger partial charge in [0, 0.05) is 6.08 Å². The van der Waals surface area contributed by atoms with Crippen LogP contribution in [-0.2, 0) is 19.0 Å². The lowest BCUT2D eigenvalue weighted by atomic mass is 10.2. The number of esters is 1. The summed E-state index contributed by atoms with van der Waals surface area (Å²) in [6.07, 6.45) is 2.82. The highest BCUT2D eigenvalue weighted by Crippen LogP contribution is 2.28. The molecule has 1 saturated heterocycles. The van der Waals surface area contributed by atoms with Crippen LogP contribution in [-0.4, -0.2) is 30.6 Å². The second-order valence-electron chi connectivity index (χ2n) is 3.92. The van der Waals surface area contributed by atoms with Gasteiger partial charge in [-0.1, -0.05) is 0 Å². The minimum absolute atomic E-state index is 0.0503. The van der Waals surface area contributed by atoms with Crippen molar-refractivity contribution in [3.05, 3.63) is 12.2 Å². The van der Waals surface area contributed by atoms with Crippen LogP contribution in [0.5, 0.6) is 0 Å². The van der Waals surface area contributed by atoms with Gasteiger partial charge in [-0.3, -0.25) is 0 Å². The van der Waals surface area contributed by atoms with Gasteiger partial charge in [-0.25, -0.2) is 4.79 Å². The van der Waals surface area contributed by atoms with Crippen LogP contribution < -0.4 is 0 Å². The summed E-state index contributed by atoms with van der Waals surface area (Å²) >= 11 is 0. The van der Waals surface area contributed by atoms with Crippen molar-refractivity contribution in [2.75, 3.05) is 6.61 Å². The second kappa shape index (κ2) is 4.77. The number of hydrogen-bond acceptors (Lipinski definition) is 4. The van der Waals surface area contributed by atoms with Crippen molar-refractivity contribution >= 4 is 5.97 Å². The van der Waals surface area contributed by atoms with Gasteiger partial charge >= 0.3 is 5.97 Å². The smallest absolute Gasteiger partial charge is 0.330 e. The predicted octanol–water partition coefficient (Wildman–Crippen LogP) is 1.65. The molecule has 0 N–H and O–H groups in total. The van der Waals surface area contributed by atoms with Gasteiger partial charge in [0.1, 0.15) is 6.10 Å². The van der Waals surface area contributed by atoms with Crippen molar-refractivity contribution < 1.29 is 19.0 Å². The summed E-state index contributed by atoms with van der Waals surface area (Å²) in [6, 6.07) is 0. The first-order valence-corrected chi connectivity index (χ1v) is 5.15. The van der Waals surface area contributed by atoms with Crippen LogP contribution in [0.3, 0.4) is 0 Å². The molecule has 0 unspecified atom stereocenters. The zero-order valence-electron chi connectivity index (χ0n) is 9.65. The molecular weight excluding hydrogens is 196 g/mol. The van der Waals surface area contributed by atoms with Gasteiger partial charge in [-0.2, -0.15) is 0 Å². The summed E-state index contributed by atoms with van der Waals surface area (Å²) < 4.78 is 15.9. The molecule has 0 bridgehead atoms. The van der Waals surface area contributed by atoms with Gasteiger partial charge in [-0.05, 0) is 33.8 Å². The number of carbonyl (C=O) groups excluding carboxylic acids is 1. The van der Waals surface area contributed by atoms with Crippen molar-refractivity contribution in [3.63, 3.8) is 0 Å². The second-order valence-corrected chi connectivity index (χ2v) is 3.92. The average molecular weight is 214 g/mol. The molecule has 0 aliphatic carbocycles. The molecule has 1 fully saturated rings. The van der Waals surface area contributed by atoms with E-state index in [0.717, 1.165) is 0 Å². The summed E-state index contributed by atoms with van der Waals surface area (Å²) in [5, 5.41) is 0. The Morgan fingerprint density at radius 3 is 2.60 bits per heavy atom. The standard InChI is InChI=1S/C11H18O4/c1-5-13-10(12)7-6-9-8(2)14-11(3,4)15-9/h6-9H,5H2,1-4H3/b7-6+/t8-,9-/m0/s1. The molecule has 0 spiro atoms. The van der Waals surface area contributed by atoms with E-state index in [-0.39, 0.29) is 18.2 Å². The van der Waals surface area contributed by atoms with Crippen molar-refractivity contribution in [3.8, 4) is 0 Å². The SMILES string of the molecule is CCOC(=O)/C=C/[C@@H]1OC(C)(C)O[C@H]1C. The van der Waals surface area contributed by atoms with E-state index in [4.69, 9.17) is 14.2 Å². The minimum Gasteiger partial charge on any atom is -0.463 e. The Morgan fingerprint density at radius 2 is 2.13 bits per heavy atom. The number of hydrogen-bond donors (Lipinski definition) is 0. The summed E-state index contributed by atoms with van der Waals surface area (Å²) in [4.78, 5) is 11.1. The van der Waals surface area contributed by atoms with Gasteiger partial charge in [0.25, 0.3) is 0 Å². The fraction of sp³-hybridized carbons (Fsp3) is 0.727. The maximum Gasteiger partial charge on any atom is 0.330 e. The summed E-state index contributed by atoms with van der Waals surface area (Å²) in [6.45, 7) is 7.76. The third-order valence-electron chi connectivity index (χ3n) is 2.06. The first-order valence-electron chi connectivity index (χ1n) is 5.15. The van der Waals surface area contributed by atoms with E-state index < -0.39 is 5.79 Å². The molecule has 4 heteroatoms. The average Bonchev–Trinajstić information content (AvgIpc) is 2.36. The van der Waals surface area contributed by atoms with Crippen molar-refractivity contribution in [1.29, 1.82) is 0 Å². The molecule has 15 heavy (non-hydrogen) atoms. The van der Waals surface area contributed by atoms with E-state index in [2.05, 4.69) is 0 Å². The lowest BCUT2D eigenvalue weighted by Gasteiger charge is -2.15. The minimum atomic E-state index is -0.580. The highest BCUT2D eigenvalue weighted by Gasteiger charge is 2.37. The maximum atomic E-state index is 11.1. The fourth-order valence-electron chi connectivity index (χ4n) is 1.53. The normalized spacial score (nSPS) is 29.6. The number of carbonyl (C=O) groups is 1. The Balaban J connectivity index is 2.49. The van der Waals surface area contributed by atoms with Crippen LogP contribution in [0.15, 0.2) is 12.2 Å². The molecule has 4 nitrogen and oxygen atoms in total. The Bertz CT molecular complexity index is 257.